The lowest BCUT2D eigenvalue weighted by molar-refractivity contribution is -0.121. The van der Waals surface area contributed by atoms with Gasteiger partial charge in [-0.25, -0.2) is 4.99 Å². The summed E-state index contributed by atoms with van der Waals surface area (Å²) in [5.74, 6) is 2.43. The van der Waals surface area contributed by atoms with Crippen LogP contribution in [0.15, 0.2) is 29.3 Å². The Labute approximate surface area is 188 Å². The van der Waals surface area contributed by atoms with Gasteiger partial charge in [-0.1, -0.05) is 31.2 Å². The van der Waals surface area contributed by atoms with Crippen LogP contribution in [-0.2, 0) is 17.9 Å². The molecule has 2 heterocycles. The van der Waals surface area contributed by atoms with E-state index in [1.807, 2.05) is 0 Å². The highest BCUT2D eigenvalue weighted by Crippen LogP contribution is 2.22. The maximum Gasteiger partial charge on any atom is 0.220 e. The molecular weight excluding hydrogens is 386 g/mol. The van der Waals surface area contributed by atoms with Crippen LogP contribution in [0.5, 0.6) is 0 Å². The van der Waals surface area contributed by atoms with Gasteiger partial charge in [-0.2, -0.15) is 0 Å². The molecule has 6 nitrogen and oxygen atoms in total. The number of carbonyl (C=O) groups is 1. The first-order valence-electron chi connectivity index (χ1n) is 12.1. The molecule has 0 spiro atoms. The van der Waals surface area contributed by atoms with Crippen molar-refractivity contribution < 1.29 is 4.79 Å². The van der Waals surface area contributed by atoms with Crippen molar-refractivity contribution in [2.24, 2.45) is 16.8 Å². The van der Waals surface area contributed by atoms with E-state index in [4.69, 9.17) is 4.99 Å². The Morgan fingerprint density at radius 2 is 1.87 bits per heavy atom. The summed E-state index contributed by atoms with van der Waals surface area (Å²) >= 11 is 0. The zero-order valence-corrected chi connectivity index (χ0v) is 19.7. The van der Waals surface area contributed by atoms with E-state index in [-0.39, 0.29) is 5.91 Å². The van der Waals surface area contributed by atoms with Crippen LogP contribution >= 0.6 is 0 Å². The molecule has 172 valence electrons. The maximum atomic E-state index is 11.7. The predicted molar refractivity (Wildman–Crippen MR) is 128 cm³/mol. The van der Waals surface area contributed by atoms with E-state index >= 15 is 0 Å². The van der Waals surface area contributed by atoms with Gasteiger partial charge in [0.25, 0.3) is 0 Å². The summed E-state index contributed by atoms with van der Waals surface area (Å²) in [7, 11) is 1.72. The lowest BCUT2D eigenvalue weighted by atomic mass is 9.93. The summed E-state index contributed by atoms with van der Waals surface area (Å²) in [5.41, 5.74) is 2.73. The van der Waals surface area contributed by atoms with Gasteiger partial charge in [0, 0.05) is 46.2 Å². The third kappa shape index (κ3) is 7.23. The van der Waals surface area contributed by atoms with E-state index in [1.54, 1.807) is 7.05 Å². The lowest BCUT2D eigenvalue weighted by Gasteiger charge is -2.34. The van der Waals surface area contributed by atoms with Crippen molar-refractivity contribution in [2.75, 3.05) is 39.8 Å². The lowest BCUT2D eigenvalue weighted by Crippen LogP contribution is -2.46. The number of hydrogen-bond donors (Lipinski definition) is 2. The zero-order chi connectivity index (χ0) is 22.1. The van der Waals surface area contributed by atoms with E-state index in [0.29, 0.717) is 18.9 Å². The molecule has 1 aromatic carbocycles. The Kier molecular flexibility index (Phi) is 9.19. The molecule has 1 amide bonds. The minimum atomic E-state index is 0.152. The van der Waals surface area contributed by atoms with Crippen LogP contribution in [0.2, 0.25) is 0 Å². The van der Waals surface area contributed by atoms with Crippen molar-refractivity contribution in [3.05, 3.63) is 35.4 Å². The molecule has 1 atom stereocenters. The van der Waals surface area contributed by atoms with Crippen molar-refractivity contribution in [2.45, 2.75) is 59.0 Å². The third-order valence-electron chi connectivity index (χ3n) is 6.65. The van der Waals surface area contributed by atoms with Gasteiger partial charge in [0.15, 0.2) is 5.96 Å². The fraction of sp³-hybridized carbons (Fsp3) is 0.680. The molecule has 0 saturated carbocycles. The number of hydrogen-bond acceptors (Lipinski definition) is 3. The van der Waals surface area contributed by atoms with Crippen molar-refractivity contribution >= 4 is 11.9 Å². The molecule has 0 radical (unpaired) electrons. The van der Waals surface area contributed by atoms with Gasteiger partial charge < -0.3 is 15.5 Å². The van der Waals surface area contributed by atoms with Gasteiger partial charge in [0.1, 0.15) is 0 Å². The molecule has 1 aromatic rings. The number of nitrogens with zero attached hydrogens (tertiary/aromatic N) is 3. The van der Waals surface area contributed by atoms with E-state index < -0.39 is 0 Å². The molecule has 31 heavy (non-hydrogen) atoms. The highest BCUT2D eigenvalue weighted by Gasteiger charge is 2.23. The Balaban J connectivity index is 1.61. The average Bonchev–Trinajstić information content (AvgIpc) is 2.78. The summed E-state index contributed by atoms with van der Waals surface area (Å²) in [4.78, 5) is 21.7. The van der Waals surface area contributed by atoms with Crippen LogP contribution in [0.3, 0.4) is 0 Å². The van der Waals surface area contributed by atoms with Crippen molar-refractivity contribution in [1.29, 1.82) is 0 Å². The number of rotatable bonds is 7. The van der Waals surface area contributed by atoms with Crippen molar-refractivity contribution in [3.63, 3.8) is 0 Å². The van der Waals surface area contributed by atoms with Crippen LogP contribution in [0.4, 0.5) is 0 Å². The van der Waals surface area contributed by atoms with Crippen LogP contribution in [0, 0.1) is 11.8 Å². The highest BCUT2D eigenvalue weighted by atomic mass is 16.1. The molecule has 2 aliphatic rings. The Bertz CT molecular complexity index is 726. The van der Waals surface area contributed by atoms with Crippen LogP contribution in [0.25, 0.3) is 0 Å². The second kappa shape index (κ2) is 12.1. The second-order valence-corrected chi connectivity index (χ2v) is 9.23. The first kappa shape index (κ1) is 23.6. The fourth-order valence-corrected chi connectivity index (χ4v) is 4.84. The first-order valence-corrected chi connectivity index (χ1v) is 12.1. The number of amides is 1. The summed E-state index contributed by atoms with van der Waals surface area (Å²) in [6.07, 6.45) is 5.39. The van der Waals surface area contributed by atoms with Gasteiger partial charge in [0.2, 0.25) is 5.91 Å². The molecule has 1 unspecified atom stereocenters. The monoisotopic (exact) mass is 427 g/mol. The van der Waals surface area contributed by atoms with Crippen molar-refractivity contribution in [3.8, 4) is 0 Å². The normalized spacial score (nSPS) is 21.2. The molecule has 6 heteroatoms. The van der Waals surface area contributed by atoms with Gasteiger partial charge in [-0.15, -0.1) is 0 Å². The SMILES string of the molecule is CCNC(=NCc1ccccc1CN1CCCC(C)C1)N1CCC(CC(=O)NC)CC1. The van der Waals surface area contributed by atoms with Crippen LogP contribution < -0.4 is 10.6 Å². The van der Waals surface area contributed by atoms with Crippen molar-refractivity contribution in [1.82, 2.24) is 20.4 Å². The Hall–Kier alpha value is -2.08. The molecule has 2 saturated heterocycles. The zero-order valence-electron chi connectivity index (χ0n) is 19.7. The van der Waals surface area contributed by atoms with Gasteiger partial charge in [-0.05, 0) is 62.1 Å². The number of nitrogens with one attached hydrogen (secondary N) is 2. The minimum absolute atomic E-state index is 0.152. The topological polar surface area (TPSA) is 60.0 Å². The average molecular weight is 428 g/mol. The number of aliphatic imine (C=N–C) groups is 1. The molecule has 2 aliphatic heterocycles. The summed E-state index contributed by atoms with van der Waals surface area (Å²) in [5, 5.41) is 6.23. The quantitative estimate of drug-likeness (QED) is 0.518. The second-order valence-electron chi connectivity index (χ2n) is 9.23. The molecule has 0 bridgehead atoms. The van der Waals surface area contributed by atoms with E-state index in [0.717, 1.165) is 50.9 Å². The van der Waals surface area contributed by atoms with E-state index in [2.05, 4.69) is 58.5 Å². The van der Waals surface area contributed by atoms with E-state index in [9.17, 15) is 4.79 Å². The maximum absolute atomic E-state index is 11.7. The Morgan fingerprint density at radius 3 is 2.55 bits per heavy atom. The summed E-state index contributed by atoms with van der Waals surface area (Å²) < 4.78 is 0. The largest absolute Gasteiger partial charge is 0.359 e. The predicted octanol–water partition coefficient (Wildman–Crippen LogP) is 3.23. The van der Waals surface area contributed by atoms with Gasteiger partial charge in [-0.3, -0.25) is 9.69 Å². The number of carbonyl (C=O) groups excluding carboxylic acids is 1. The smallest absolute Gasteiger partial charge is 0.220 e. The molecule has 3 rings (SSSR count). The highest BCUT2D eigenvalue weighted by molar-refractivity contribution is 5.80. The number of benzene rings is 1. The number of likely N-dealkylation sites (tertiary alicyclic amines) is 2. The summed E-state index contributed by atoms with van der Waals surface area (Å²) in [6.45, 7) is 11.4. The number of guanidine groups is 1. The Morgan fingerprint density at radius 1 is 1.13 bits per heavy atom. The molecular formula is C25H41N5O. The van der Waals surface area contributed by atoms with Gasteiger partial charge in [0.05, 0.1) is 6.54 Å². The molecule has 2 fully saturated rings. The van der Waals surface area contributed by atoms with E-state index in [1.165, 1.54) is 37.1 Å². The standard InChI is InChI=1S/C25H41N5O/c1-4-27-25(30-14-11-21(12-15-30)16-24(31)26-3)28-17-22-9-5-6-10-23(22)19-29-13-7-8-20(2)18-29/h5-6,9-10,20-21H,4,7-8,11-19H2,1-3H3,(H,26,31)(H,27,28). The molecule has 0 aliphatic carbocycles. The van der Waals surface area contributed by atoms with Gasteiger partial charge >= 0.3 is 0 Å². The number of piperidine rings is 2. The van der Waals surface area contributed by atoms with Crippen LogP contribution in [0.1, 0.15) is 57.1 Å². The fourth-order valence-electron chi connectivity index (χ4n) is 4.84. The minimum Gasteiger partial charge on any atom is -0.359 e. The third-order valence-corrected chi connectivity index (χ3v) is 6.65. The summed E-state index contributed by atoms with van der Waals surface area (Å²) in [6, 6.07) is 8.77. The van der Waals surface area contributed by atoms with Crippen LogP contribution in [-0.4, -0.2) is 61.4 Å². The molecule has 0 aromatic heterocycles. The molecule has 2 N–H and O–H groups in total. The first-order chi connectivity index (χ1) is 15.1.